The highest BCUT2D eigenvalue weighted by Gasteiger charge is 2.25. The van der Waals surface area contributed by atoms with Gasteiger partial charge in [-0.3, -0.25) is 0 Å². The van der Waals surface area contributed by atoms with Gasteiger partial charge in [0.25, 0.3) is 0 Å². The molecular weight excluding hydrogens is 242 g/mol. The lowest BCUT2D eigenvalue weighted by Gasteiger charge is -2.30. The van der Waals surface area contributed by atoms with Gasteiger partial charge in [-0.2, -0.15) is 0 Å². The van der Waals surface area contributed by atoms with Crippen LogP contribution in [0.25, 0.3) is 0 Å². The van der Waals surface area contributed by atoms with Gasteiger partial charge in [0, 0.05) is 29.0 Å². The number of phenols is 1. The molecule has 0 spiro atoms. The van der Waals surface area contributed by atoms with E-state index in [1.54, 1.807) is 0 Å². The molecule has 0 amide bonds. The quantitative estimate of drug-likeness (QED) is 0.809. The van der Waals surface area contributed by atoms with Crippen molar-refractivity contribution >= 4 is 15.9 Å². The molecule has 14 heavy (non-hydrogen) atoms. The van der Waals surface area contributed by atoms with Gasteiger partial charge in [-0.25, -0.2) is 0 Å². The van der Waals surface area contributed by atoms with Gasteiger partial charge >= 0.3 is 0 Å². The van der Waals surface area contributed by atoms with Crippen LogP contribution in [-0.2, 0) is 0 Å². The minimum Gasteiger partial charge on any atom is -0.507 e. The summed E-state index contributed by atoms with van der Waals surface area (Å²) in [5.41, 5.74) is 3.22. The summed E-state index contributed by atoms with van der Waals surface area (Å²) in [6, 6.07) is 1.97. The van der Waals surface area contributed by atoms with Gasteiger partial charge in [-0.1, -0.05) is 15.9 Å². The van der Waals surface area contributed by atoms with E-state index in [1.165, 1.54) is 5.56 Å². The first-order valence-electron chi connectivity index (χ1n) is 4.80. The van der Waals surface area contributed by atoms with Crippen molar-refractivity contribution in [2.75, 3.05) is 13.1 Å². The van der Waals surface area contributed by atoms with E-state index in [1.807, 2.05) is 13.0 Å². The molecule has 0 aromatic heterocycles. The second kappa shape index (κ2) is 3.55. The molecular formula is C11H14BrNO. The van der Waals surface area contributed by atoms with Crippen LogP contribution in [0, 0.1) is 13.8 Å². The van der Waals surface area contributed by atoms with Crippen LogP contribution >= 0.6 is 15.9 Å². The number of rotatable bonds is 1. The molecule has 1 aliphatic rings. The largest absolute Gasteiger partial charge is 0.507 e. The van der Waals surface area contributed by atoms with Crippen molar-refractivity contribution in [1.29, 1.82) is 0 Å². The fourth-order valence-electron chi connectivity index (χ4n) is 1.88. The first-order chi connectivity index (χ1) is 6.61. The topological polar surface area (TPSA) is 32.3 Å². The zero-order chi connectivity index (χ0) is 10.3. The smallest absolute Gasteiger partial charge is 0.122 e. The number of halogens is 1. The number of nitrogens with one attached hydrogen (secondary N) is 1. The summed E-state index contributed by atoms with van der Waals surface area (Å²) in [5.74, 6) is 0.948. The summed E-state index contributed by atoms with van der Waals surface area (Å²) in [5, 5.41) is 13.2. The molecule has 2 rings (SSSR count). The van der Waals surface area contributed by atoms with Crippen molar-refractivity contribution < 1.29 is 5.11 Å². The molecule has 0 bridgehead atoms. The minimum absolute atomic E-state index is 0.470. The van der Waals surface area contributed by atoms with E-state index in [0.717, 1.165) is 28.7 Å². The molecule has 1 fully saturated rings. The second-order valence-electron chi connectivity index (χ2n) is 3.92. The second-order valence-corrected chi connectivity index (χ2v) is 4.77. The molecule has 0 radical (unpaired) electrons. The Labute approximate surface area is 92.5 Å². The predicted molar refractivity (Wildman–Crippen MR) is 60.9 cm³/mol. The normalized spacial score (nSPS) is 16.8. The Morgan fingerprint density at radius 3 is 2.57 bits per heavy atom. The van der Waals surface area contributed by atoms with Gasteiger partial charge in [0.1, 0.15) is 5.75 Å². The SMILES string of the molecule is Cc1cc(Br)c(C)c(C2CNC2)c1O. The van der Waals surface area contributed by atoms with Crippen LogP contribution in [0.15, 0.2) is 10.5 Å². The Balaban J connectivity index is 2.54. The minimum atomic E-state index is 0.470. The molecule has 0 aliphatic carbocycles. The molecule has 1 aromatic carbocycles. The monoisotopic (exact) mass is 255 g/mol. The highest BCUT2D eigenvalue weighted by Crippen LogP contribution is 2.37. The Morgan fingerprint density at radius 1 is 1.43 bits per heavy atom. The van der Waals surface area contributed by atoms with E-state index in [9.17, 15) is 5.11 Å². The summed E-state index contributed by atoms with van der Waals surface area (Å²) in [6.45, 7) is 5.95. The molecule has 1 aliphatic heterocycles. The first-order valence-corrected chi connectivity index (χ1v) is 5.60. The number of hydrogen-bond acceptors (Lipinski definition) is 2. The van der Waals surface area contributed by atoms with Gasteiger partial charge in [0.2, 0.25) is 0 Å². The molecule has 3 heteroatoms. The van der Waals surface area contributed by atoms with Crippen LogP contribution in [0.1, 0.15) is 22.6 Å². The standard InChI is InChI=1S/C11H14BrNO/c1-6-3-9(12)7(2)10(11(6)14)8-4-13-5-8/h3,8,13-14H,4-5H2,1-2H3. The van der Waals surface area contributed by atoms with Crippen molar-refractivity contribution in [2.24, 2.45) is 0 Å². The Hall–Kier alpha value is -0.540. The zero-order valence-electron chi connectivity index (χ0n) is 8.39. The molecule has 76 valence electrons. The van der Waals surface area contributed by atoms with Gasteiger partial charge < -0.3 is 10.4 Å². The summed E-state index contributed by atoms with van der Waals surface area (Å²) < 4.78 is 1.09. The highest BCUT2D eigenvalue weighted by atomic mass is 79.9. The lowest BCUT2D eigenvalue weighted by Crippen LogP contribution is -2.40. The number of benzene rings is 1. The average molecular weight is 256 g/mol. The number of hydrogen-bond donors (Lipinski definition) is 2. The highest BCUT2D eigenvalue weighted by molar-refractivity contribution is 9.10. The van der Waals surface area contributed by atoms with E-state index >= 15 is 0 Å². The molecule has 2 N–H and O–H groups in total. The van der Waals surface area contributed by atoms with E-state index in [0.29, 0.717) is 11.7 Å². The lowest BCUT2D eigenvalue weighted by molar-refractivity contribution is 0.409. The van der Waals surface area contributed by atoms with E-state index in [4.69, 9.17) is 0 Å². The average Bonchev–Trinajstić information content (AvgIpc) is 2.06. The van der Waals surface area contributed by atoms with Gasteiger partial charge in [0.05, 0.1) is 0 Å². The Kier molecular flexibility index (Phi) is 2.54. The van der Waals surface area contributed by atoms with Crippen molar-refractivity contribution in [2.45, 2.75) is 19.8 Å². The number of phenolic OH excluding ortho intramolecular Hbond substituents is 1. The maximum Gasteiger partial charge on any atom is 0.122 e. The van der Waals surface area contributed by atoms with Crippen molar-refractivity contribution in [3.63, 3.8) is 0 Å². The summed E-state index contributed by atoms with van der Waals surface area (Å²) in [7, 11) is 0. The molecule has 0 unspecified atom stereocenters. The summed E-state index contributed by atoms with van der Waals surface area (Å²) in [4.78, 5) is 0. The van der Waals surface area contributed by atoms with E-state index in [-0.39, 0.29) is 0 Å². The maximum absolute atomic E-state index is 9.99. The predicted octanol–water partition coefficient (Wildman–Crippen LogP) is 2.46. The van der Waals surface area contributed by atoms with Crippen LogP contribution < -0.4 is 5.32 Å². The summed E-state index contributed by atoms with van der Waals surface area (Å²) >= 11 is 3.52. The maximum atomic E-state index is 9.99. The van der Waals surface area contributed by atoms with Crippen LogP contribution in [-0.4, -0.2) is 18.2 Å². The van der Waals surface area contributed by atoms with Crippen molar-refractivity contribution in [3.8, 4) is 5.75 Å². The molecule has 0 atom stereocenters. The lowest BCUT2D eigenvalue weighted by atomic mass is 9.88. The van der Waals surface area contributed by atoms with Crippen molar-refractivity contribution in [3.05, 3.63) is 27.2 Å². The van der Waals surface area contributed by atoms with Gasteiger partial charge in [-0.15, -0.1) is 0 Å². The molecule has 1 aromatic rings. The van der Waals surface area contributed by atoms with Crippen LogP contribution in [0.2, 0.25) is 0 Å². The Morgan fingerprint density at radius 2 is 2.07 bits per heavy atom. The number of aryl methyl sites for hydroxylation is 1. The molecule has 2 nitrogen and oxygen atoms in total. The van der Waals surface area contributed by atoms with Crippen molar-refractivity contribution in [1.82, 2.24) is 5.32 Å². The Bertz CT molecular complexity index is 346. The third-order valence-electron chi connectivity index (χ3n) is 2.92. The molecule has 1 saturated heterocycles. The third kappa shape index (κ3) is 1.44. The van der Waals surface area contributed by atoms with Crippen LogP contribution in [0.3, 0.4) is 0 Å². The van der Waals surface area contributed by atoms with Crippen LogP contribution in [0.4, 0.5) is 0 Å². The van der Waals surface area contributed by atoms with Gasteiger partial charge in [-0.05, 0) is 31.0 Å². The van der Waals surface area contributed by atoms with E-state index in [2.05, 4.69) is 28.2 Å². The fraction of sp³-hybridized carbons (Fsp3) is 0.455. The fourth-order valence-corrected chi connectivity index (χ4v) is 2.43. The summed E-state index contributed by atoms with van der Waals surface area (Å²) in [6.07, 6.45) is 0. The first kappa shape index (κ1) is 9.99. The molecule has 0 saturated carbocycles. The zero-order valence-corrected chi connectivity index (χ0v) is 9.98. The third-order valence-corrected chi connectivity index (χ3v) is 3.75. The molecule has 1 heterocycles. The number of aromatic hydroxyl groups is 1. The van der Waals surface area contributed by atoms with Crippen LogP contribution in [0.5, 0.6) is 5.75 Å². The van der Waals surface area contributed by atoms with E-state index < -0.39 is 0 Å². The van der Waals surface area contributed by atoms with Gasteiger partial charge in [0.15, 0.2) is 0 Å².